The first-order valence-electron chi connectivity index (χ1n) is 8.55. The van der Waals surface area contributed by atoms with Crippen molar-refractivity contribution < 1.29 is 9.53 Å². The summed E-state index contributed by atoms with van der Waals surface area (Å²) in [6.45, 7) is 4.65. The molecule has 6 nitrogen and oxygen atoms in total. The number of aromatic nitrogens is 2. The lowest BCUT2D eigenvalue weighted by atomic mass is 10.0. The van der Waals surface area contributed by atoms with E-state index in [9.17, 15) is 4.79 Å². The summed E-state index contributed by atoms with van der Waals surface area (Å²) in [4.78, 5) is 20.7. The van der Waals surface area contributed by atoms with Crippen LogP contribution in [0.4, 0.5) is 5.95 Å². The standard InChI is InChI=1S/C20H22N4O2/c1-4-21-20-22-11-17(12-23-20)19(25)24-13(2)14-5-6-16-10-18(26-3)8-7-15(16)9-14/h5-13H,4H2,1-3H3,(H,24,25)(H,21,22,23). The number of rotatable bonds is 6. The minimum absolute atomic E-state index is 0.137. The van der Waals surface area contributed by atoms with Gasteiger partial charge in [0.2, 0.25) is 5.95 Å². The van der Waals surface area contributed by atoms with Crippen molar-refractivity contribution >= 4 is 22.6 Å². The quantitative estimate of drug-likeness (QED) is 0.711. The third-order valence-corrected chi connectivity index (χ3v) is 4.17. The van der Waals surface area contributed by atoms with E-state index in [1.807, 2.05) is 44.2 Å². The van der Waals surface area contributed by atoms with Gasteiger partial charge in [-0.3, -0.25) is 4.79 Å². The van der Waals surface area contributed by atoms with E-state index in [1.165, 1.54) is 12.4 Å². The molecule has 0 saturated heterocycles. The second-order valence-electron chi connectivity index (χ2n) is 5.99. The van der Waals surface area contributed by atoms with Crippen molar-refractivity contribution in [2.45, 2.75) is 19.9 Å². The van der Waals surface area contributed by atoms with Crippen LogP contribution in [0.25, 0.3) is 10.8 Å². The Morgan fingerprint density at radius 3 is 2.50 bits per heavy atom. The number of hydrogen-bond acceptors (Lipinski definition) is 5. The molecule has 1 aromatic heterocycles. The first kappa shape index (κ1) is 17.7. The Balaban J connectivity index is 1.73. The van der Waals surface area contributed by atoms with Gasteiger partial charge in [-0.15, -0.1) is 0 Å². The van der Waals surface area contributed by atoms with Crippen molar-refractivity contribution in [1.82, 2.24) is 15.3 Å². The number of ether oxygens (including phenoxy) is 1. The maximum Gasteiger partial charge on any atom is 0.254 e. The van der Waals surface area contributed by atoms with Crippen LogP contribution in [0.3, 0.4) is 0 Å². The molecular weight excluding hydrogens is 328 g/mol. The zero-order valence-electron chi connectivity index (χ0n) is 15.1. The molecule has 0 aliphatic rings. The van der Waals surface area contributed by atoms with Gasteiger partial charge in [0.1, 0.15) is 5.75 Å². The number of methoxy groups -OCH3 is 1. The predicted molar refractivity (Wildman–Crippen MR) is 103 cm³/mol. The van der Waals surface area contributed by atoms with Crippen LogP contribution in [-0.4, -0.2) is 29.5 Å². The number of anilines is 1. The highest BCUT2D eigenvalue weighted by atomic mass is 16.5. The van der Waals surface area contributed by atoms with E-state index < -0.39 is 0 Å². The average Bonchev–Trinajstić information content (AvgIpc) is 2.67. The molecule has 0 aliphatic carbocycles. The number of fused-ring (bicyclic) bond motifs is 1. The molecule has 26 heavy (non-hydrogen) atoms. The third kappa shape index (κ3) is 3.91. The Kier molecular flexibility index (Phi) is 5.31. The molecule has 2 N–H and O–H groups in total. The minimum Gasteiger partial charge on any atom is -0.497 e. The van der Waals surface area contributed by atoms with Crippen molar-refractivity contribution in [2.24, 2.45) is 0 Å². The molecule has 2 aromatic carbocycles. The van der Waals surface area contributed by atoms with E-state index >= 15 is 0 Å². The molecule has 1 amide bonds. The van der Waals surface area contributed by atoms with Crippen LogP contribution >= 0.6 is 0 Å². The fourth-order valence-corrected chi connectivity index (χ4v) is 2.70. The number of benzene rings is 2. The van der Waals surface area contributed by atoms with Crippen LogP contribution in [0.15, 0.2) is 48.8 Å². The molecule has 0 aliphatic heterocycles. The molecule has 1 heterocycles. The summed E-state index contributed by atoms with van der Waals surface area (Å²) in [6.07, 6.45) is 3.05. The molecule has 1 atom stereocenters. The Hall–Kier alpha value is -3.15. The fourth-order valence-electron chi connectivity index (χ4n) is 2.70. The first-order valence-corrected chi connectivity index (χ1v) is 8.55. The summed E-state index contributed by atoms with van der Waals surface area (Å²) in [6, 6.07) is 11.9. The Morgan fingerprint density at radius 1 is 1.12 bits per heavy atom. The molecule has 6 heteroatoms. The number of nitrogens with zero attached hydrogens (tertiary/aromatic N) is 2. The lowest BCUT2D eigenvalue weighted by Gasteiger charge is -2.15. The molecule has 1 unspecified atom stereocenters. The topological polar surface area (TPSA) is 76.1 Å². The number of amides is 1. The maximum atomic E-state index is 12.4. The van der Waals surface area contributed by atoms with Crippen molar-refractivity contribution in [2.75, 3.05) is 19.0 Å². The summed E-state index contributed by atoms with van der Waals surface area (Å²) >= 11 is 0. The van der Waals surface area contributed by atoms with Gasteiger partial charge in [-0.25, -0.2) is 9.97 Å². The highest BCUT2D eigenvalue weighted by Gasteiger charge is 2.13. The number of carbonyl (C=O) groups is 1. The van der Waals surface area contributed by atoms with Crippen molar-refractivity contribution in [1.29, 1.82) is 0 Å². The third-order valence-electron chi connectivity index (χ3n) is 4.17. The monoisotopic (exact) mass is 350 g/mol. The summed E-state index contributed by atoms with van der Waals surface area (Å²) in [7, 11) is 1.65. The first-order chi connectivity index (χ1) is 12.6. The van der Waals surface area contributed by atoms with Crippen LogP contribution in [0, 0.1) is 0 Å². The van der Waals surface area contributed by atoms with E-state index in [-0.39, 0.29) is 11.9 Å². The van der Waals surface area contributed by atoms with Gasteiger partial charge in [0.15, 0.2) is 0 Å². The Morgan fingerprint density at radius 2 is 1.81 bits per heavy atom. The smallest absolute Gasteiger partial charge is 0.254 e. The number of hydrogen-bond donors (Lipinski definition) is 2. The van der Waals surface area contributed by atoms with Gasteiger partial charge in [-0.05, 0) is 48.4 Å². The lowest BCUT2D eigenvalue weighted by molar-refractivity contribution is 0.0939. The van der Waals surface area contributed by atoms with Gasteiger partial charge in [-0.1, -0.05) is 18.2 Å². The second-order valence-corrected chi connectivity index (χ2v) is 5.99. The maximum absolute atomic E-state index is 12.4. The highest BCUT2D eigenvalue weighted by molar-refractivity contribution is 5.94. The van der Waals surface area contributed by atoms with Crippen molar-refractivity contribution in [3.05, 3.63) is 59.9 Å². The Bertz CT molecular complexity index is 909. The molecule has 3 rings (SSSR count). The predicted octanol–water partition coefficient (Wildman–Crippen LogP) is 3.56. The van der Waals surface area contributed by atoms with E-state index in [0.29, 0.717) is 11.5 Å². The largest absolute Gasteiger partial charge is 0.497 e. The molecule has 0 bridgehead atoms. The van der Waals surface area contributed by atoms with Crippen molar-refractivity contribution in [3.63, 3.8) is 0 Å². The lowest BCUT2D eigenvalue weighted by Crippen LogP contribution is -2.27. The van der Waals surface area contributed by atoms with Crippen LogP contribution in [0.1, 0.15) is 35.8 Å². The van der Waals surface area contributed by atoms with Gasteiger partial charge < -0.3 is 15.4 Å². The van der Waals surface area contributed by atoms with Crippen LogP contribution in [-0.2, 0) is 0 Å². The second kappa shape index (κ2) is 7.82. The summed E-state index contributed by atoms with van der Waals surface area (Å²) in [5.74, 6) is 1.14. The van der Waals surface area contributed by atoms with E-state index in [1.54, 1.807) is 7.11 Å². The van der Waals surface area contributed by atoms with Gasteiger partial charge in [0.05, 0.1) is 18.7 Å². The molecule has 0 spiro atoms. The molecule has 0 radical (unpaired) electrons. The number of carbonyl (C=O) groups excluding carboxylic acids is 1. The molecule has 3 aromatic rings. The zero-order chi connectivity index (χ0) is 18.5. The summed E-state index contributed by atoms with van der Waals surface area (Å²) < 4.78 is 5.25. The number of nitrogens with one attached hydrogen (secondary N) is 2. The molecule has 134 valence electrons. The zero-order valence-corrected chi connectivity index (χ0v) is 15.1. The highest BCUT2D eigenvalue weighted by Crippen LogP contribution is 2.24. The van der Waals surface area contributed by atoms with Gasteiger partial charge in [-0.2, -0.15) is 0 Å². The summed E-state index contributed by atoms with van der Waals surface area (Å²) in [5, 5.41) is 8.19. The van der Waals surface area contributed by atoms with Crippen molar-refractivity contribution in [3.8, 4) is 5.75 Å². The molecule has 0 fully saturated rings. The minimum atomic E-state index is -0.199. The van der Waals surface area contributed by atoms with Gasteiger partial charge in [0.25, 0.3) is 5.91 Å². The SMILES string of the molecule is CCNc1ncc(C(=O)NC(C)c2ccc3cc(OC)ccc3c2)cn1. The molecular formula is C20H22N4O2. The fraction of sp³-hybridized carbons (Fsp3) is 0.250. The summed E-state index contributed by atoms with van der Waals surface area (Å²) in [5.41, 5.74) is 1.46. The van der Waals surface area contributed by atoms with Crippen LogP contribution in [0.5, 0.6) is 5.75 Å². The molecule has 0 saturated carbocycles. The average molecular weight is 350 g/mol. The van der Waals surface area contributed by atoms with Gasteiger partial charge >= 0.3 is 0 Å². The van der Waals surface area contributed by atoms with E-state index in [4.69, 9.17) is 4.74 Å². The van der Waals surface area contributed by atoms with E-state index in [0.717, 1.165) is 28.6 Å². The van der Waals surface area contributed by atoms with Gasteiger partial charge in [0, 0.05) is 18.9 Å². The van der Waals surface area contributed by atoms with Crippen LogP contribution in [0.2, 0.25) is 0 Å². The van der Waals surface area contributed by atoms with Crippen LogP contribution < -0.4 is 15.4 Å². The van der Waals surface area contributed by atoms with E-state index in [2.05, 4.69) is 26.7 Å². The Labute approximate surface area is 152 Å². The normalized spacial score (nSPS) is 11.8.